The van der Waals surface area contributed by atoms with Gasteiger partial charge in [0.25, 0.3) is 5.91 Å². The molecule has 132 valence electrons. The van der Waals surface area contributed by atoms with Crippen LogP contribution in [0.2, 0.25) is 0 Å². The van der Waals surface area contributed by atoms with Crippen molar-refractivity contribution in [2.75, 3.05) is 6.54 Å². The monoisotopic (exact) mass is 342 g/mol. The molecule has 2 fully saturated rings. The number of nitrogens with zero attached hydrogens (tertiary/aromatic N) is 2. The molecule has 4 rings (SSSR count). The molecule has 4 nitrogen and oxygen atoms in total. The van der Waals surface area contributed by atoms with Crippen LogP contribution in [0.4, 0.5) is 4.39 Å². The van der Waals surface area contributed by atoms with E-state index in [1.165, 1.54) is 12.1 Å². The molecule has 0 radical (unpaired) electrons. The summed E-state index contributed by atoms with van der Waals surface area (Å²) in [6.45, 7) is 7.63. The number of aromatic nitrogens is 1. The van der Waals surface area contributed by atoms with Crippen LogP contribution in [0.15, 0.2) is 34.9 Å². The summed E-state index contributed by atoms with van der Waals surface area (Å²) in [6, 6.07) is 7.91. The predicted octanol–water partition coefficient (Wildman–Crippen LogP) is 4.52. The van der Waals surface area contributed by atoms with E-state index in [2.05, 4.69) is 25.9 Å². The van der Waals surface area contributed by atoms with Crippen LogP contribution in [0.1, 0.15) is 50.5 Å². The van der Waals surface area contributed by atoms with Gasteiger partial charge in [-0.25, -0.2) is 4.39 Å². The second kappa shape index (κ2) is 5.41. The third kappa shape index (κ3) is 2.96. The van der Waals surface area contributed by atoms with Crippen LogP contribution in [0.25, 0.3) is 11.3 Å². The van der Waals surface area contributed by atoms with Crippen molar-refractivity contribution in [2.45, 2.75) is 46.1 Å². The number of likely N-dealkylation sites (tertiary alicyclic amines) is 1. The summed E-state index contributed by atoms with van der Waals surface area (Å²) in [7, 11) is 0. The molecule has 0 N–H and O–H groups in total. The highest BCUT2D eigenvalue weighted by molar-refractivity contribution is 5.93. The number of carbonyl (C=O) groups is 1. The van der Waals surface area contributed by atoms with E-state index in [0.29, 0.717) is 17.0 Å². The number of benzene rings is 1. The van der Waals surface area contributed by atoms with Crippen LogP contribution >= 0.6 is 0 Å². The SMILES string of the molecule is CC1(C)C[C@@H]2C[C@@](C)(CN2C(=O)c2cc(-c3ccc(F)cc3)on2)C1. The van der Waals surface area contributed by atoms with Gasteiger partial charge in [-0.1, -0.05) is 25.9 Å². The zero-order valence-corrected chi connectivity index (χ0v) is 14.9. The van der Waals surface area contributed by atoms with Crippen molar-refractivity contribution in [3.8, 4) is 11.3 Å². The number of halogens is 1. The zero-order chi connectivity index (χ0) is 17.8. The number of hydrogen-bond acceptors (Lipinski definition) is 3. The molecule has 2 aliphatic rings. The van der Waals surface area contributed by atoms with Gasteiger partial charge >= 0.3 is 0 Å². The Morgan fingerprint density at radius 3 is 2.68 bits per heavy atom. The zero-order valence-electron chi connectivity index (χ0n) is 14.9. The van der Waals surface area contributed by atoms with Gasteiger partial charge in [0.1, 0.15) is 5.82 Å². The second-order valence-corrected chi connectivity index (χ2v) is 8.73. The van der Waals surface area contributed by atoms with E-state index in [-0.39, 0.29) is 28.6 Å². The Bertz CT molecular complexity index is 811. The van der Waals surface area contributed by atoms with Crippen molar-refractivity contribution >= 4 is 5.91 Å². The molecular formula is C20H23FN2O2. The molecule has 1 aromatic carbocycles. The number of fused-ring (bicyclic) bond motifs is 2. The van der Waals surface area contributed by atoms with Crippen LogP contribution in [0.5, 0.6) is 0 Å². The molecule has 2 aromatic rings. The maximum atomic E-state index is 13.1. The van der Waals surface area contributed by atoms with Crippen molar-refractivity contribution in [3.05, 3.63) is 41.8 Å². The maximum Gasteiger partial charge on any atom is 0.276 e. The average Bonchev–Trinajstić information content (AvgIpc) is 3.09. The molecule has 2 heterocycles. The molecule has 5 heteroatoms. The van der Waals surface area contributed by atoms with Gasteiger partial charge < -0.3 is 9.42 Å². The first kappa shape index (κ1) is 16.3. The van der Waals surface area contributed by atoms with Crippen LogP contribution in [-0.2, 0) is 0 Å². The summed E-state index contributed by atoms with van der Waals surface area (Å²) in [4.78, 5) is 15.0. The van der Waals surface area contributed by atoms with Crippen molar-refractivity contribution in [1.29, 1.82) is 0 Å². The summed E-state index contributed by atoms with van der Waals surface area (Å²) in [5.41, 5.74) is 1.48. The summed E-state index contributed by atoms with van der Waals surface area (Å²) >= 11 is 0. The third-order valence-corrected chi connectivity index (χ3v) is 5.53. The first-order chi connectivity index (χ1) is 11.7. The molecule has 2 atom stereocenters. The van der Waals surface area contributed by atoms with Crippen LogP contribution in [0, 0.1) is 16.6 Å². The first-order valence-electron chi connectivity index (χ1n) is 8.78. The van der Waals surface area contributed by atoms with E-state index in [1.54, 1.807) is 18.2 Å². The van der Waals surface area contributed by atoms with Gasteiger partial charge in [0.05, 0.1) is 0 Å². The fraction of sp³-hybridized carbons (Fsp3) is 0.500. The largest absolute Gasteiger partial charge is 0.355 e. The van der Waals surface area contributed by atoms with E-state index < -0.39 is 0 Å². The molecule has 0 unspecified atom stereocenters. The van der Waals surface area contributed by atoms with Crippen molar-refractivity contribution < 1.29 is 13.7 Å². The average molecular weight is 342 g/mol. The van der Waals surface area contributed by atoms with Gasteiger partial charge in [0.15, 0.2) is 11.5 Å². The molecular weight excluding hydrogens is 319 g/mol. The Labute approximate surface area is 147 Å². The Morgan fingerprint density at radius 2 is 1.96 bits per heavy atom. The van der Waals surface area contributed by atoms with E-state index in [0.717, 1.165) is 25.8 Å². The van der Waals surface area contributed by atoms with E-state index in [4.69, 9.17) is 4.52 Å². The van der Waals surface area contributed by atoms with Gasteiger partial charge in [-0.2, -0.15) is 0 Å². The number of hydrogen-bond donors (Lipinski definition) is 0. The van der Waals surface area contributed by atoms with Crippen molar-refractivity contribution in [1.82, 2.24) is 10.1 Å². The Hall–Kier alpha value is -2.17. The van der Waals surface area contributed by atoms with Gasteiger partial charge in [-0.3, -0.25) is 4.79 Å². The minimum Gasteiger partial charge on any atom is -0.355 e. The fourth-order valence-electron chi connectivity index (χ4n) is 4.97. The van der Waals surface area contributed by atoms with Gasteiger partial charge in [-0.15, -0.1) is 0 Å². The Morgan fingerprint density at radius 1 is 1.24 bits per heavy atom. The number of amides is 1. The molecule has 1 saturated heterocycles. The standard InChI is InChI=1S/C20H23FN2O2/c1-19(2)9-15-10-20(3,11-19)12-23(15)18(24)16-8-17(25-22-16)13-4-6-14(21)7-5-13/h4-8,15H,9-12H2,1-3H3/t15-,20-/m1/s1. The quantitative estimate of drug-likeness (QED) is 0.806. The van der Waals surface area contributed by atoms with Crippen LogP contribution < -0.4 is 0 Å². The number of rotatable bonds is 2. The molecule has 0 spiro atoms. The van der Waals surface area contributed by atoms with Gasteiger partial charge in [0, 0.05) is 24.2 Å². The van der Waals surface area contributed by atoms with Gasteiger partial charge in [-0.05, 0) is 54.4 Å². The molecule has 25 heavy (non-hydrogen) atoms. The second-order valence-electron chi connectivity index (χ2n) is 8.73. The fourth-order valence-corrected chi connectivity index (χ4v) is 4.97. The van der Waals surface area contributed by atoms with Crippen molar-refractivity contribution in [2.24, 2.45) is 10.8 Å². The van der Waals surface area contributed by atoms with E-state index in [9.17, 15) is 9.18 Å². The Kier molecular flexibility index (Phi) is 3.53. The Balaban J connectivity index is 1.57. The lowest BCUT2D eigenvalue weighted by atomic mass is 9.65. The minimum absolute atomic E-state index is 0.0662. The van der Waals surface area contributed by atoms with E-state index >= 15 is 0 Å². The molecule has 2 bridgehead atoms. The summed E-state index contributed by atoms with van der Waals surface area (Å²) in [5, 5.41) is 3.97. The third-order valence-electron chi connectivity index (χ3n) is 5.53. The first-order valence-corrected chi connectivity index (χ1v) is 8.78. The lowest BCUT2D eigenvalue weighted by molar-refractivity contribution is 0.0698. The normalized spacial score (nSPS) is 27.5. The predicted molar refractivity (Wildman–Crippen MR) is 92.5 cm³/mol. The topological polar surface area (TPSA) is 46.3 Å². The van der Waals surface area contributed by atoms with Gasteiger partial charge in [0.2, 0.25) is 0 Å². The summed E-state index contributed by atoms with van der Waals surface area (Å²) in [6.07, 6.45) is 3.22. The molecule has 1 aliphatic heterocycles. The molecule has 1 saturated carbocycles. The lowest BCUT2D eigenvalue weighted by Crippen LogP contribution is -2.37. The highest BCUT2D eigenvalue weighted by Crippen LogP contribution is 2.52. The maximum absolute atomic E-state index is 13.1. The highest BCUT2D eigenvalue weighted by atomic mass is 19.1. The number of carbonyl (C=O) groups excluding carboxylic acids is 1. The van der Waals surface area contributed by atoms with Crippen LogP contribution in [0.3, 0.4) is 0 Å². The summed E-state index contributed by atoms with van der Waals surface area (Å²) < 4.78 is 18.4. The minimum atomic E-state index is -0.306. The smallest absolute Gasteiger partial charge is 0.276 e. The lowest BCUT2D eigenvalue weighted by Gasteiger charge is -2.39. The van der Waals surface area contributed by atoms with Crippen molar-refractivity contribution in [3.63, 3.8) is 0 Å². The summed E-state index contributed by atoms with van der Waals surface area (Å²) in [5.74, 6) is 0.111. The molecule has 1 aliphatic carbocycles. The van der Waals surface area contributed by atoms with Crippen LogP contribution in [-0.4, -0.2) is 28.6 Å². The molecule has 1 amide bonds. The van der Waals surface area contributed by atoms with E-state index in [1.807, 2.05) is 4.90 Å². The molecule has 1 aromatic heterocycles. The highest BCUT2D eigenvalue weighted by Gasteiger charge is 2.51.